The van der Waals surface area contributed by atoms with Crippen molar-refractivity contribution < 1.29 is 9.52 Å². The Balaban J connectivity index is 1.21. The smallest absolute Gasteiger partial charge is 0.149 e. The Kier molecular flexibility index (Phi) is 9.27. The van der Waals surface area contributed by atoms with E-state index >= 15 is 0 Å². The molecule has 0 aliphatic carbocycles. The van der Waals surface area contributed by atoms with Gasteiger partial charge in [0.15, 0.2) is 0 Å². The summed E-state index contributed by atoms with van der Waals surface area (Å²) in [5.41, 5.74) is 13.9. The summed E-state index contributed by atoms with van der Waals surface area (Å²) in [7, 11) is 0. The molecule has 0 fully saturated rings. The molecule has 5 nitrogen and oxygen atoms in total. The monoisotopic (exact) mass is 823 g/mol. The molecule has 3 heterocycles. The molecule has 0 amide bonds. The molecule has 7 aromatic carbocycles. The number of fused-ring (bicyclic) bond motifs is 6. The Labute approximate surface area is 369 Å². The van der Waals surface area contributed by atoms with Crippen LogP contribution in [-0.4, -0.2) is 19.6 Å². The van der Waals surface area contributed by atoms with Gasteiger partial charge in [-0.2, -0.15) is 0 Å². The summed E-state index contributed by atoms with van der Waals surface area (Å²) in [6, 6.07) is 51.4. The third-order valence-corrected chi connectivity index (χ3v) is 12.6. The summed E-state index contributed by atoms with van der Waals surface area (Å²) in [5, 5.41) is 16.8. The first-order chi connectivity index (χ1) is 30.0. The molecule has 0 saturated carbocycles. The molecule has 0 aliphatic heterocycles. The van der Waals surface area contributed by atoms with Crippen molar-refractivity contribution in [3.8, 4) is 56.3 Å². The molecule has 312 valence electrons. The van der Waals surface area contributed by atoms with Crippen molar-refractivity contribution in [1.82, 2.24) is 14.5 Å². The van der Waals surface area contributed by atoms with Crippen LogP contribution in [0.4, 0.5) is 0 Å². The zero-order valence-electron chi connectivity index (χ0n) is 37.6. The largest absolute Gasteiger partial charge is 0.507 e. The zero-order valence-corrected chi connectivity index (χ0v) is 37.6. The lowest BCUT2D eigenvalue weighted by Crippen LogP contribution is -2.17. The SMILES string of the molecule is CC(C)(C)c1ccc(-n2c(-c3cc(C(C)(C)C)cc(C(C)(C)C)c3O)nc3c(-c4cccc(-c5cc6oc7c8ccccc8ccc7c6cn5)c4)cccc32)c(-c2ccccc2)c1. The fourth-order valence-electron chi connectivity index (χ4n) is 9.02. The number of rotatable bonds is 5. The van der Waals surface area contributed by atoms with Crippen LogP contribution in [0.2, 0.25) is 0 Å². The third kappa shape index (κ3) is 6.96. The van der Waals surface area contributed by atoms with Gasteiger partial charge in [-0.1, -0.05) is 165 Å². The molecule has 0 saturated heterocycles. The molecular weight excluding hydrogens is 771 g/mol. The van der Waals surface area contributed by atoms with Crippen LogP contribution in [0.1, 0.15) is 79.0 Å². The number of phenolic OH excluding ortho intramolecular Hbond substituents is 1. The van der Waals surface area contributed by atoms with E-state index in [1.807, 2.05) is 6.20 Å². The van der Waals surface area contributed by atoms with Crippen molar-refractivity contribution in [2.24, 2.45) is 0 Å². The topological polar surface area (TPSA) is 64.1 Å². The molecule has 10 aromatic rings. The van der Waals surface area contributed by atoms with Gasteiger partial charge in [-0.15, -0.1) is 0 Å². The van der Waals surface area contributed by atoms with Crippen molar-refractivity contribution in [3.05, 3.63) is 168 Å². The molecule has 0 unspecified atom stereocenters. The summed E-state index contributed by atoms with van der Waals surface area (Å²) in [5.74, 6) is 0.941. The van der Waals surface area contributed by atoms with Crippen LogP contribution in [-0.2, 0) is 16.2 Å². The number of imidazole rings is 1. The van der Waals surface area contributed by atoms with Crippen LogP contribution >= 0.6 is 0 Å². The first kappa shape index (κ1) is 40.1. The van der Waals surface area contributed by atoms with Gasteiger partial charge >= 0.3 is 0 Å². The lowest BCUT2D eigenvalue weighted by atomic mass is 9.79. The van der Waals surface area contributed by atoms with Gasteiger partial charge in [-0.25, -0.2) is 4.98 Å². The maximum atomic E-state index is 12.5. The molecule has 0 radical (unpaired) electrons. The molecule has 3 aromatic heterocycles. The van der Waals surface area contributed by atoms with Crippen molar-refractivity contribution in [2.45, 2.75) is 78.6 Å². The van der Waals surface area contributed by atoms with Crippen molar-refractivity contribution in [2.75, 3.05) is 0 Å². The van der Waals surface area contributed by atoms with Gasteiger partial charge in [-0.3, -0.25) is 9.55 Å². The minimum Gasteiger partial charge on any atom is -0.507 e. The van der Waals surface area contributed by atoms with E-state index < -0.39 is 0 Å². The number of furan rings is 1. The lowest BCUT2D eigenvalue weighted by Gasteiger charge is -2.28. The molecular formula is C58H53N3O2. The second kappa shape index (κ2) is 14.6. The molecule has 10 rings (SSSR count). The normalized spacial score (nSPS) is 12.6. The van der Waals surface area contributed by atoms with Crippen LogP contribution in [0.15, 0.2) is 156 Å². The van der Waals surface area contributed by atoms with Crippen molar-refractivity contribution in [3.63, 3.8) is 0 Å². The lowest BCUT2D eigenvalue weighted by molar-refractivity contribution is 0.446. The zero-order chi connectivity index (χ0) is 44.0. The van der Waals surface area contributed by atoms with E-state index in [0.717, 1.165) is 94.1 Å². The quantitative estimate of drug-likeness (QED) is 0.188. The van der Waals surface area contributed by atoms with Crippen molar-refractivity contribution in [1.29, 1.82) is 0 Å². The number of benzene rings is 7. The number of aromatic hydroxyl groups is 1. The Hall–Kier alpha value is -6.98. The fourth-order valence-corrected chi connectivity index (χ4v) is 9.02. The second-order valence-corrected chi connectivity index (χ2v) is 20.1. The van der Waals surface area contributed by atoms with Crippen LogP contribution in [0, 0.1) is 0 Å². The molecule has 0 atom stereocenters. The van der Waals surface area contributed by atoms with Crippen LogP contribution in [0.3, 0.4) is 0 Å². The molecule has 1 N–H and O–H groups in total. The minimum atomic E-state index is -0.320. The third-order valence-electron chi connectivity index (χ3n) is 12.6. The second-order valence-electron chi connectivity index (χ2n) is 20.1. The predicted octanol–water partition coefficient (Wildman–Crippen LogP) is 15.7. The maximum absolute atomic E-state index is 12.5. The van der Waals surface area contributed by atoms with Gasteiger partial charge in [-0.05, 0) is 80.3 Å². The van der Waals surface area contributed by atoms with Gasteiger partial charge in [0, 0.05) is 50.7 Å². The standard InChI is InChI=1S/C58H53N3O2/c1-56(2,3)39-26-28-49(44(30-39)35-17-11-10-12-18-35)61-50-24-16-23-41(52(50)60-55(61)45-31-40(57(4,5)6)32-47(53(45)62)58(7,8)9)37-20-15-21-38(29-37)48-33-51-46(34-59-48)43-27-25-36-19-13-14-22-42(36)54(43)63-51/h10-34,62H,1-9H3. The summed E-state index contributed by atoms with van der Waals surface area (Å²) < 4.78 is 8.83. The first-order valence-corrected chi connectivity index (χ1v) is 22.0. The molecule has 0 bridgehead atoms. The average molecular weight is 824 g/mol. The minimum absolute atomic E-state index is 0.0703. The molecule has 63 heavy (non-hydrogen) atoms. The number of nitrogens with zero attached hydrogens (tertiary/aromatic N) is 3. The summed E-state index contributed by atoms with van der Waals surface area (Å²) in [6.45, 7) is 19.9. The Morgan fingerprint density at radius 3 is 1.98 bits per heavy atom. The number of aromatic nitrogens is 3. The number of pyridine rings is 1. The summed E-state index contributed by atoms with van der Waals surface area (Å²) in [4.78, 5) is 10.6. The van der Waals surface area contributed by atoms with Gasteiger partial charge in [0.25, 0.3) is 0 Å². The molecule has 0 spiro atoms. The highest BCUT2D eigenvalue weighted by molar-refractivity contribution is 6.15. The highest BCUT2D eigenvalue weighted by Gasteiger charge is 2.30. The highest BCUT2D eigenvalue weighted by Crippen LogP contribution is 2.46. The van der Waals surface area contributed by atoms with E-state index in [0.29, 0.717) is 11.4 Å². The highest BCUT2D eigenvalue weighted by atomic mass is 16.3. The number of hydrogen-bond donors (Lipinski definition) is 1. The molecule has 5 heteroatoms. The average Bonchev–Trinajstić information content (AvgIpc) is 3.84. The summed E-state index contributed by atoms with van der Waals surface area (Å²) >= 11 is 0. The van der Waals surface area contributed by atoms with E-state index in [2.05, 4.69) is 212 Å². The van der Waals surface area contributed by atoms with Gasteiger partial charge < -0.3 is 9.52 Å². The summed E-state index contributed by atoms with van der Waals surface area (Å²) in [6.07, 6.45) is 1.94. The maximum Gasteiger partial charge on any atom is 0.149 e. The van der Waals surface area contributed by atoms with Crippen molar-refractivity contribution >= 4 is 43.7 Å². The Morgan fingerprint density at radius 2 is 1.22 bits per heavy atom. The van der Waals surface area contributed by atoms with E-state index in [9.17, 15) is 5.11 Å². The van der Waals surface area contributed by atoms with E-state index in [1.54, 1.807) is 0 Å². The van der Waals surface area contributed by atoms with Crippen LogP contribution in [0.5, 0.6) is 5.75 Å². The fraction of sp³-hybridized carbons (Fsp3) is 0.207. The Morgan fingerprint density at radius 1 is 0.524 bits per heavy atom. The number of hydrogen-bond acceptors (Lipinski definition) is 4. The van der Waals surface area contributed by atoms with Crippen LogP contribution < -0.4 is 0 Å². The predicted molar refractivity (Wildman–Crippen MR) is 263 cm³/mol. The van der Waals surface area contributed by atoms with E-state index in [4.69, 9.17) is 14.4 Å². The van der Waals surface area contributed by atoms with Crippen LogP contribution in [0.25, 0.3) is 94.3 Å². The number of phenols is 1. The number of para-hydroxylation sites is 1. The van der Waals surface area contributed by atoms with Gasteiger partial charge in [0.1, 0.15) is 22.7 Å². The van der Waals surface area contributed by atoms with Gasteiger partial charge in [0.05, 0.1) is 28.0 Å². The van der Waals surface area contributed by atoms with Gasteiger partial charge in [0.2, 0.25) is 0 Å². The first-order valence-electron chi connectivity index (χ1n) is 22.0. The Bertz CT molecular complexity index is 3400. The molecule has 0 aliphatic rings. The van der Waals surface area contributed by atoms with E-state index in [-0.39, 0.29) is 22.0 Å². The van der Waals surface area contributed by atoms with E-state index in [1.165, 1.54) is 5.56 Å².